The molecule has 0 saturated carbocycles. The highest BCUT2D eigenvalue weighted by Crippen LogP contribution is 2.14. The van der Waals surface area contributed by atoms with E-state index < -0.39 is 0 Å². The number of aryl methyl sites for hydroxylation is 1. The van der Waals surface area contributed by atoms with Gasteiger partial charge in [-0.1, -0.05) is 24.6 Å². The summed E-state index contributed by atoms with van der Waals surface area (Å²) < 4.78 is 5.67. The first-order valence-electron chi connectivity index (χ1n) is 6.65. The smallest absolute Gasteiger partial charge is 0.119 e. The van der Waals surface area contributed by atoms with E-state index in [0.717, 1.165) is 25.1 Å². The molecule has 2 N–H and O–H groups in total. The van der Waals surface area contributed by atoms with E-state index in [4.69, 9.17) is 4.74 Å². The van der Waals surface area contributed by atoms with Crippen LogP contribution in [0.1, 0.15) is 32.3 Å². The number of rotatable bonds is 8. The summed E-state index contributed by atoms with van der Waals surface area (Å²) in [5.74, 6) is 0.912. The van der Waals surface area contributed by atoms with E-state index in [1.807, 2.05) is 31.2 Å². The summed E-state index contributed by atoms with van der Waals surface area (Å²) in [7, 11) is 0. The molecule has 0 fully saturated rings. The average molecular weight is 251 g/mol. The lowest BCUT2D eigenvalue weighted by Crippen LogP contribution is -2.45. The molecule has 0 bridgehead atoms. The molecule has 1 atom stereocenters. The summed E-state index contributed by atoms with van der Waals surface area (Å²) in [5, 5.41) is 12.7. The molecule has 18 heavy (non-hydrogen) atoms. The minimum absolute atomic E-state index is 0.158. The van der Waals surface area contributed by atoms with Crippen LogP contribution in [0.4, 0.5) is 0 Å². The zero-order valence-corrected chi connectivity index (χ0v) is 11.7. The van der Waals surface area contributed by atoms with Gasteiger partial charge in [0.15, 0.2) is 0 Å². The summed E-state index contributed by atoms with van der Waals surface area (Å²) in [6.45, 7) is 7.87. The summed E-state index contributed by atoms with van der Waals surface area (Å²) in [5.41, 5.74) is 1.05. The number of hydrogen-bond donors (Lipinski definition) is 2. The monoisotopic (exact) mass is 251 g/mol. The maximum absolute atomic E-state index is 9.36. The van der Waals surface area contributed by atoms with Crippen molar-refractivity contribution in [2.75, 3.05) is 19.8 Å². The Kier molecular flexibility index (Phi) is 6.16. The molecule has 0 aliphatic heterocycles. The van der Waals surface area contributed by atoms with E-state index in [9.17, 15) is 5.11 Å². The van der Waals surface area contributed by atoms with Crippen LogP contribution in [0.3, 0.4) is 0 Å². The zero-order chi connectivity index (χ0) is 13.4. The maximum Gasteiger partial charge on any atom is 0.119 e. The van der Waals surface area contributed by atoms with Crippen LogP contribution in [-0.2, 0) is 0 Å². The van der Waals surface area contributed by atoms with Gasteiger partial charge in [0.05, 0.1) is 13.2 Å². The third-order valence-electron chi connectivity index (χ3n) is 3.12. The summed E-state index contributed by atoms with van der Waals surface area (Å²) in [6, 6.07) is 8.08. The molecule has 0 amide bonds. The average Bonchev–Trinajstić information content (AvgIpc) is 2.37. The number of aliphatic hydroxyl groups is 1. The van der Waals surface area contributed by atoms with Gasteiger partial charge in [-0.15, -0.1) is 0 Å². The lowest BCUT2D eigenvalue weighted by molar-refractivity contribution is 0.158. The van der Waals surface area contributed by atoms with Gasteiger partial charge in [-0.3, -0.25) is 0 Å². The molecule has 1 aromatic carbocycles. The van der Waals surface area contributed by atoms with Crippen LogP contribution in [0.15, 0.2) is 24.3 Å². The molecule has 1 aromatic rings. The number of ether oxygens (including phenoxy) is 1. The first-order chi connectivity index (χ1) is 8.59. The van der Waals surface area contributed by atoms with E-state index >= 15 is 0 Å². The Morgan fingerprint density at radius 3 is 2.50 bits per heavy atom. The van der Waals surface area contributed by atoms with Gasteiger partial charge in [0.25, 0.3) is 0 Å². The van der Waals surface area contributed by atoms with Gasteiger partial charge in [-0.25, -0.2) is 0 Å². The molecule has 1 unspecified atom stereocenters. The van der Waals surface area contributed by atoms with E-state index in [0.29, 0.717) is 6.61 Å². The number of nitrogens with one attached hydrogen (secondary N) is 1. The van der Waals surface area contributed by atoms with Gasteiger partial charge in [-0.2, -0.15) is 0 Å². The zero-order valence-electron chi connectivity index (χ0n) is 11.7. The van der Waals surface area contributed by atoms with Gasteiger partial charge < -0.3 is 15.2 Å². The van der Waals surface area contributed by atoms with Crippen LogP contribution in [0.25, 0.3) is 0 Å². The Hall–Kier alpha value is -1.06. The normalized spacial score (nSPS) is 14.2. The van der Waals surface area contributed by atoms with Crippen molar-refractivity contribution >= 4 is 0 Å². The predicted octanol–water partition coefficient (Wildman–Crippen LogP) is 2.51. The Morgan fingerprint density at radius 2 is 1.94 bits per heavy atom. The highest BCUT2D eigenvalue weighted by molar-refractivity contribution is 5.26. The lowest BCUT2D eigenvalue weighted by atomic mass is 9.97. The molecule has 1 rings (SSSR count). The second kappa shape index (κ2) is 7.39. The van der Waals surface area contributed by atoms with Crippen molar-refractivity contribution in [2.24, 2.45) is 0 Å². The van der Waals surface area contributed by atoms with E-state index in [1.54, 1.807) is 0 Å². The minimum atomic E-state index is -0.189. The molecular formula is C15H25NO2. The molecule has 0 aliphatic carbocycles. The molecular weight excluding hydrogens is 226 g/mol. The minimum Gasteiger partial charge on any atom is -0.494 e. The molecule has 0 heterocycles. The van der Waals surface area contributed by atoms with Crippen molar-refractivity contribution in [2.45, 2.75) is 39.2 Å². The highest BCUT2D eigenvalue weighted by atomic mass is 16.5. The number of likely N-dealkylation sites (N-methyl/N-ethyl adjacent to an activating group) is 1. The Morgan fingerprint density at radius 1 is 1.28 bits per heavy atom. The largest absolute Gasteiger partial charge is 0.494 e. The molecule has 0 aromatic heterocycles. The molecule has 102 valence electrons. The Balaban J connectivity index is 2.27. The van der Waals surface area contributed by atoms with E-state index in [2.05, 4.69) is 19.2 Å². The summed E-state index contributed by atoms with van der Waals surface area (Å²) in [6.07, 6.45) is 1.83. The van der Waals surface area contributed by atoms with E-state index in [-0.39, 0.29) is 12.1 Å². The van der Waals surface area contributed by atoms with E-state index in [1.165, 1.54) is 5.56 Å². The molecule has 0 aliphatic rings. The van der Waals surface area contributed by atoms with Crippen molar-refractivity contribution in [3.63, 3.8) is 0 Å². The van der Waals surface area contributed by atoms with Crippen molar-refractivity contribution in [3.05, 3.63) is 29.8 Å². The molecule has 3 nitrogen and oxygen atoms in total. The van der Waals surface area contributed by atoms with Crippen molar-refractivity contribution in [3.8, 4) is 5.75 Å². The third kappa shape index (κ3) is 5.07. The lowest BCUT2D eigenvalue weighted by Gasteiger charge is -2.28. The summed E-state index contributed by atoms with van der Waals surface area (Å²) >= 11 is 0. The van der Waals surface area contributed by atoms with Crippen LogP contribution in [0.5, 0.6) is 5.75 Å². The number of aliphatic hydroxyl groups excluding tert-OH is 1. The molecule has 0 radical (unpaired) electrons. The fourth-order valence-corrected chi connectivity index (χ4v) is 1.94. The molecule has 0 saturated heterocycles. The number of hydrogen-bond acceptors (Lipinski definition) is 3. The second-order valence-corrected chi connectivity index (χ2v) is 5.01. The standard InChI is InChI=1S/C15H25NO2/c1-4-16-15(3,12-17)10-5-11-18-14-8-6-13(2)7-9-14/h6-9,16-17H,4-5,10-12H2,1-3H3. The fourth-order valence-electron chi connectivity index (χ4n) is 1.94. The Labute approximate surface area is 110 Å². The maximum atomic E-state index is 9.36. The quantitative estimate of drug-likeness (QED) is 0.698. The third-order valence-corrected chi connectivity index (χ3v) is 3.12. The van der Waals surface area contributed by atoms with Crippen molar-refractivity contribution in [1.82, 2.24) is 5.32 Å². The number of benzene rings is 1. The van der Waals surface area contributed by atoms with Crippen LogP contribution < -0.4 is 10.1 Å². The SMILES string of the molecule is CCNC(C)(CO)CCCOc1ccc(C)cc1. The van der Waals surface area contributed by atoms with Gasteiger partial charge in [-0.05, 0) is 45.4 Å². The summed E-state index contributed by atoms with van der Waals surface area (Å²) in [4.78, 5) is 0. The first kappa shape index (κ1) is 15.0. The van der Waals surface area contributed by atoms with Gasteiger partial charge in [0, 0.05) is 5.54 Å². The highest BCUT2D eigenvalue weighted by Gasteiger charge is 2.20. The fraction of sp³-hybridized carbons (Fsp3) is 0.600. The van der Waals surface area contributed by atoms with Crippen LogP contribution in [0.2, 0.25) is 0 Å². The van der Waals surface area contributed by atoms with Crippen LogP contribution in [0, 0.1) is 6.92 Å². The van der Waals surface area contributed by atoms with Crippen molar-refractivity contribution < 1.29 is 9.84 Å². The van der Waals surface area contributed by atoms with Gasteiger partial charge >= 0.3 is 0 Å². The molecule has 3 heteroatoms. The van der Waals surface area contributed by atoms with Gasteiger partial charge in [0.2, 0.25) is 0 Å². The van der Waals surface area contributed by atoms with Gasteiger partial charge in [0.1, 0.15) is 5.75 Å². The van der Waals surface area contributed by atoms with Crippen molar-refractivity contribution in [1.29, 1.82) is 0 Å². The Bertz CT molecular complexity index is 337. The predicted molar refractivity (Wildman–Crippen MR) is 75.1 cm³/mol. The topological polar surface area (TPSA) is 41.5 Å². The van der Waals surface area contributed by atoms with Crippen LogP contribution in [-0.4, -0.2) is 30.4 Å². The molecule has 0 spiro atoms. The van der Waals surface area contributed by atoms with Crippen LogP contribution >= 0.6 is 0 Å². The second-order valence-electron chi connectivity index (χ2n) is 5.01. The first-order valence-corrected chi connectivity index (χ1v) is 6.65.